The van der Waals surface area contributed by atoms with Gasteiger partial charge in [-0.3, -0.25) is 9.59 Å². The van der Waals surface area contributed by atoms with Gasteiger partial charge in [-0.15, -0.1) is 0 Å². The predicted octanol–water partition coefficient (Wildman–Crippen LogP) is 3.27. The Labute approximate surface area is 180 Å². The van der Waals surface area contributed by atoms with E-state index >= 15 is 0 Å². The minimum Gasteiger partial charge on any atom is -0.339 e. The van der Waals surface area contributed by atoms with Crippen LogP contribution in [0.15, 0.2) is 39.6 Å². The standard InChI is InChI=1S/C21H20F3N5O3/c1-12-9-17(30)18(26-29(12)16-7-3-6-15(10-16)21(22,23)24)20(31)28-8-4-5-14(11-28)19-25-13(2)27-32-19/h3,6-7,9-10,14H,4-5,8,11H2,1-2H3. The molecule has 1 atom stereocenters. The summed E-state index contributed by atoms with van der Waals surface area (Å²) in [5.41, 5.74) is -1.38. The average Bonchev–Trinajstić information content (AvgIpc) is 3.19. The molecule has 32 heavy (non-hydrogen) atoms. The average molecular weight is 447 g/mol. The van der Waals surface area contributed by atoms with Gasteiger partial charge in [0.05, 0.1) is 17.2 Å². The number of nitrogens with zero attached hydrogens (tertiary/aromatic N) is 5. The zero-order valence-corrected chi connectivity index (χ0v) is 17.4. The number of halogens is 3. The number of aryl methyl sites for hydroxylation is 2. The highest BCUT2D eigenvalue weighted by Crippen LogP contribution is 2.30. The predicted molar refractivity (Wildman–Crippen MR) is 106 cm³/mol. The molecule has 11 heteroatoms. The summed E-state index contributed by atoms with van der Waals surface area (Å²) in [6.07, 6.45) is -3.11. The summed E-state index contributed by atoms with van der Waals surface area (Å²) in [4.78, 5) is 31.4. The van der Waals surface area contributed by atoms with Crippen LogP contribution in [0.4, 0.5) is 13.2 Å². The van der Waals surface area contributed by atoms with E-state index in [1.807, 2.05) is 0 Å². The summed E-state index contributed by atoms with van der Waals surface area (Å²) in [5.74, 6) is 0.174. The molecule has 8 nitrogen and oxygen atoms in total. The van der Waals surface area contributed by atoms with Gasteiger partial charge in [0.15, 0.2) is 11.5 Å². The largest absolute Gasteiger partial charge is 0.416 e. The van der Waals surface area contributed by atoms with Crippen LogP contribution < -0.4 is 5.43 Å². The Bertz CT molecular complexity index is 1220. The van der Waals surface area contributed by atoms with Gasteiger partial charge in [0.2, 0.25) is 11.3 Å². The number of benzene rings is 1. The van der Waals surface area contributed by atoms with Crippen LogP contribution in [0.3, 0.4) is 0 Å². The molecule has 1 aliphatic heterocycles. The van der Waals surface area contributed by atoms with Gasteiger partial charge in [-0.2, -0.15) is 23.3 Å². The number of carbonyl (C=O) groups is 1. The van der Waals surface area contributed by atoms with E-state index in [0.29, 0.717) is 30.4 Å². The quantitative estimate of drug-likeness (QED) is 0.612. The van der Waals surface area contributed by atoms with Gasteiger partial charge in [0.25, 0.3) is 5.91 Å². The zero-order valence-electron chi connectivity index (χ0n) is 17.4. The third-order valence-electron chi connectivity index (χ3n) is 5.33. The highest BCUT2D eigenvalue weighted by molar-refractivity contribution is 5.92. The monoisotopic (exact) mass is 447 g/mol. The molecule has 0 saturated carbocycles. The fourth-order valence-electron chi connectivity index (χ4n) is 3.76. The van der Waals surface area contributed by atoms with Crippen molar-refractivity contribution in [3.8, 4) is 5.69 Å². The topological polar surface area (TPSA) is 94.1 Å². The lowest BCUT2D eigenvalue weighted by Crippen LogP contribution is -2.42. The number of aromatic nitrogens is 4. The molecule has 4 rings (SSSR count). The Hall–Kier alpha value is -3.50. The van der Waals surface area contributed by atoms with E-state index < -0.39 is 23.1 Å². The van der Waals surface area contributed by atoms with E-state index in [1.54, 1.807) is 6.92 Å². The van der Waals surface area contributed by atoms with E-state index in [-0.39, 0.29) is 23.8 Å². The molecule has 1 amide bonds. The van der Waals surface area contributed by atoms with Gasteiger partial charge >= 0.3 is 6.18 Å². The summed E-state index contributed by atoms with van der Waals surface area (Å²) in [7, 11) is 0. The lowest BCUT2D eigenvalue weighted by atomic mass is 9.97. The van der Waals surface area contributed by atoms with Crippen molar-refractivity contribution in [2.45, 2.75) is 38.8 Å². The van der Waals surface area contributed by atoms with Crippen molar-refractivity contribution >= 4 is 5.91 Å². The van der Waals surface area contributed by atoms with Crippen LogP contribution in [0.2, 0.25) is 0 Å². The number of hydrogen-bond donors (Lipinski definition) is 0. The molecular weight excluding hydrogens is 427 g/mol. The van der Waals surface area contributed by atoms with Gasteiger partial charge < -0.3 is 9.42 Å². The van der Waals surface area contributed by atoms with E-state index in [0.717, 1.165) is 18.6 Å². The normalized spacial score (nSPS) is 16.9. The Balaban J connectivity index is 1.66. The molecule has 0 bridgehead atoms. The number of amides is 1. The van der Waals surface area contributed by atoms with Crippen LogP contribution in [-0.2, 0) is 6.18 Å². The maximum Gasteiger partial charge on any atom is 0.416 e. The van der Waals surface area contributed by atoms with Crippen molar-refractivity contribution in [3.05, 3.63) is 69.2 Å². The molecule has 3 aromatic rings. The first-order valence-corrected chi connectivity index (χ1v) is 10.0. The lowest BCUT2D eigenvalue weighted by molar-refractivity contribution is -0.137. The Kier molecular flexibility index (Phi) is 5.57. The molecule has 2 aromatic heterocycles. The molecule has 0 radical (unpaired) electrons. The van der Waals surface area contributed by atoms with Crippen LogP contribution in [-0.4, -0.2) is 43.8 Å². The van der Waals surface area contributed by atoms with Gasteiger partial charge in [-0.05, 0) is 44.9 Å². The highest BCUT2D eigenvalue weighted by Gasteiger charge is 2.32. The molecule has 0 spiro atoms. The van der Waals surface area contributed by atoms with Gasteiger partial charge in [-0.1, -0.05) is 11.2 Å². The van der Waals surface area contributed by atoms with Crippen molar-refractivity contribution in [2.75, 3.05) is 13.1 Å². The Morgan fingerprint density at radius 2 is 2.00 bits per heavy atom. The minimum absolute atomic E-state index is 0.101. The number of rotatable bonds is 3. The van der Waals surface area contributed by atoms with Crippen molar-refractivity contribution in [3.63, 3.8) is 0 Å². The maximum absolute atomic E-state index is 13.1. The third-order valence-corrected chi connectivity index (χ3v) is 5.33. The summed E-state index contributed by atoms with van der Waals surface area (Å²) in [6.45, 7) is 3.93. The van der Waals surface area contributed by atoms with Crippen molar-refractivity contribution in [1.82, 2.24) is 24.8 Å². The van der Waals surface area contributed by atoms with E-state index in [1.165, 1.54) is 34.7 Å². The number of alkyl halides is 3. The van der Waals surface area contributed by atoms with Crippen LogP contribution >= 0.6 is 0 Å². The molecule has 1 saturated heterocycles. The summed E-state index contributed by atoms with van der Waals surface area (Å²) in [5, 5.41) is 7.91. The summed E-state index contributed by atoms with van der Waals surface area (Å²) >= 11 is 0. The Morgan fingerprint density at radius 1 is 1.22 bits per heavy atom. The molecule has 0 N–H and O–H groups in total. The van der Waals surface area contributed by atoms with Gasteiger partial charge in [0, 0.05) is 24.8 Å². The van der Waals surface area contributed by atoms with E-state index in [9.17, 15) is 22.8 Å². The van der Waals surface area contributed by atoms with Gasteiger partial charge in [0.1, 0.15) is 0 Å². The van der Waals surface area contributed by atoms with Gasteiger partial charge in [-0.25, -0.2) is 4.68 Å². The summed E-state index contributed by atoms with van der Waals surface area (Å²) in [6, 6.07) is 5.75. The number of likely N-dealkylation sites (tertiary alicyclic amines) is 1. The number of piperidine rings is 1. The zero-order chi connectivity index (χ0) is 23.0. The first-order chi connectivity index (χ1) is 15.1. The van der Waals surface area contributed by atoms with Crippen molar-refractivity contribution in [1.29, 1.82) is 0 Å². The second kappa shape index (κ2) is 8.21. The smallest absolute Gasteiger partial charge is 0.339 e. The second-order valence-electron chi connectivity index (χ2n) is 7.73. The third kappa shape index (κ3) is 4.27. The fourth-order valence-corrected chi connectivity index (χ4v) is 3.76. The lowest BCUT2D eigenvalue weighted by Gasteiger charge is -2.30. The molecule has 3 heterocycles. The molecule has 1 aliphatic rings. The fraction of sp³-hybridized carbons (Fsp3) is 0.381. The second-order valence-corrected chi connectivity index (χ2v) is 7.73. The SMILES string of the molecule is Cc1noc(C2CCCN(C(=O)c3nn(-c4cccc(C(F)(F)F)c4)c(C)cc3=O)C2)n1. The van der Waals surface area contributed by atoms with Crippen molar-refractivity contribution < 1.29 is 22.5 Å². The van der Waals surface area contributed by atoms with Crippen LogP contribution in [0, 0.1) is 13.8 Å². The minimum atomic E-state index is -4.53. The number of hydrogen-bond acceptors (Lipinski definition) is 6. The molecule has 1 aromatic carbocycles. The Morgan fingerprint density at radius 3 is 2.69 bits per heavy atom. The van der Waals surface area contributed by atoms with E-state index in [2.05, 4.69) is 15.2 Å². The van der Waals surface area contributed by atoms with Crippen LogP contribution in [0.5, 0.6) is 0 Å². The van der Waals surface area contributed by atoms with Crippen LogP contribution in [0.25, 0.3) is 5.69 Å². The van der Waals surface area contributed by atoms with Crippen molar-refractivity contribution in [2.24, 2.45) is 0 Å². The molecule has 1 unspecified atom stereocenters. The molecule has 168 valence electrons. The first kappa shape index (κ1) is 21.7. The maximum atomic E-state index is 13.1. The summed E-state index contributed by atoms with van der Waals surface area (Å²) < 4.78 is 45.8. The first-order valence-electron chi connectivity index (χ1n) is 10.0. The number of carbonyl (C=O) groups excluding carboxylic acids is 1. The highest BCUT2D eigenvalue weighted by atomic mass is 19.4. The molecule has 1 fully saturated rings. The molecule has 0 aliphatic carbocycles. The van der Waals surface area contributed by atoms with Crippen LogP contribution in [0.1, 0.15) is 52.2 Å². The molecular formula is C21H20F3N5O3. The van der Waals surface area contributed by atoms with E-state index in [4.69, 9.17) is 4.52 Å².